The highest BCUT2D eigenvalue weighted by atomic mass is 19.2. The van der Waals surface area contributed by atoms with Crippen molar-refractivity contribution in [2.75, 3.05) is 11.4 Å². The molecule has 1 aromatic rings. The van der Waals surface area contributed by atoms with Crippen molar-refractivity contribution < 1.29 is 8.78 Å². The number of halogens is 2. The first-order valence-corrected chi connectivity index (χ1v) is 6.19. The van der Waals surface area contributed by atoms with Gasteiger partial charge in [-0.05, 0) is 37.8 Å². The second kappa shape index (κ2) is 4.93. The van der Waals surface area contributed by atoms with Crippen LogP contribution < -0.4 is 4.90 Å². The number of anilines is 1. The Morgan fingerprint density at radius 1 is 1.22 bits per heavy atom. The molecule has 2 unspecified atom stereocenters. The van der Waals surface area contributed by atoms with Gasteiger partial charge >= 0.3 is 0 Å². The van der Waals surface area contributed by atoms with Gasteiger partial charge in [-0.3, -0.25) is 0 Å². The second-order valence-corrected chi connectivity index (χ2v) is 5.06. The molecule has 18 heavy (non-hydrogen) atoms. The highest BCUT2D eigenvalue weighted by Gasteiger charge is 2.26. The number of nitrogens with zero attached hydrogens (tertiary/aromatic N) is 2. The van der Waals surface area contributed by atoms with Gasteiger partial charge in [-0.1, -0.05) is 6.92 Å². The third kappa shape index (κ3) is 2.17. The molecule has 96 valence electrons. The summed E-state index contributed by atoms with van der Waals surface area (Å²) in [5.74, 6) is -1.48. The molecule has 1 aromatic carbocycles. The normalized spacial score (nSPS) is 23.8. The van der Waals surface area contributed by atoms with Crippen molar-refractivity contribution in [3.63, 3.8) is 0 Å². The van der Waals surface area contributed by atoms with Crippen molar-refractivity contribution in [1.29, 1.82) is 5.26 Å². The Balaban J connectivity index is 2.39. The Hall–Kier alpha value is -1.63. The Morgan fingerprint density at radius 3 is 2.61 bits per heavy atom. The molecule has 0 aliphatic carbocycles. The van der Waals surface area contributed by atoms with Gasteiger partial charge in [0.25, 0.3) is 0 Å². The monoisotopic (exact) mass is 250 g/mol. The SMILES string of the molecule is CC1CCC(C)N(c2ccc(C#N)c(F)c2F)C1. The number of rotatable bonds is 1. The van der Waals surface area contributed by atoms with Gasteiger partial charge < -0.3 is 4.90 Å². The van der Waals surface area contributed by atoms with Crippen LogP contribution in [0, 0.1) is 28.9 Å². The van der Waals surface area contributed by atoms with Crippen LogP contribution >= 0.6 is 0 Å². The Labute approximate surface area is 106 Å². The van der Waals surface area contributed by atoms with Crippen molar-refractivity contribution in [1.82, 2.24) is 0 Å². The molecular formula is C14H16F2N2. The summed E-state index contributed by atoms with van der Waals surface area (Å²) >= 11 is 0. The molecular weight excluding hydrogens is 234 g/mol. The van der Waals surface area contributed by atoms with E-state index in [-0.39, 0.29) is 17.3 Å². The summed E-state index contributed by atoms with van der Waals surface area (Å²) in [4.78, 5) is 1.90. The summed E-state index contributed by atoms with van der Waals surface area (Å²) in [6.45, 7) is 4.85. The molecule has 1 saturated heterocycles. The fourth-order valence-electron chi connectivity index (χ4n) is 2.47. The maximum Gasteiger partial charge on any atom is 0.183 e. The van der Waals surface area contributed by atoms with E-state index in [1.165, 1.54) is 12.1 Å². The maximum absolute atomic E-state index is 14.0. The second-order valence-electron chi connectivity index (χ2n) is 5.06. The fourth-order valence-corrected chi connectivity index (χ4v) is 2.47. The fraction of sp³-hybridized carbons (Fsp3) is 0.500. The van der Waals surface area contributed by atoms with E-state index in [1.807, 2.05) is 11.8 Å². The molecule has 1 aliphatic heterocycles. The van der Waals surface area contributed by atoms with Gasteiger partial charge in [-0.2, -0.15) is 5.26 Å². The maximum atomic E-state index is 14.0. The summed E-state index contributed by atoms with van der Waals surface area (Å²) in [5.41, 5.74) is 0.0273. The molecule has 0 amide bonds. The molecule has 1 fully saturated rings. The number of benzene rings is 1. The van der Waals surface area contributed by atoms with Gasteiger partial charge in [0, 0.05) is 12.6 Å². The largest absolute Gasteiger partial charge is 0.366 e. The Morgan fingerprint density at radius 2 is 1.94 bits per heavy atom. The van der Waals surface area contributed by atoms with Gasteiger partial charge in [0.1, 0.15) is 6.07 Å². The smallest absolute Gasteiger partial charge is 0.183 e. The molecule has 0 bridgehead atoms. The minimum Gasteiger partial charge on any atom is -0.366 e. The van der Waals surface area contributed by atoms with Crippen molar-refractivity contribution in [3.8, 4) is 6.07 Å². The predicted octanol–water partition coefficient (Wildman–Crippen LogP) is 3.46. The van der Waals surface area contributed by atoms with Gasteiger partial charge in [0.2, 0.25) is 0 Å². The van der Waals surface area contributed by atoms with Crippen LogP contribution in [0.15, 0.2) is 12.1 Å². The Kier molecular flexibility index (Phi) is 3.51. The highest BCUT2D eigenvalue weighted by Crippen LogP contribution is 2.31. The number of nitriles is 1. The standard InChI is InChI=1S/C14H16F2N2/c1-9-3-4-10(2)18(8-9)12-6-5-11(7-17)13(15)14(12)16/h5-6,9-10H,3-4,8H2,1-2H3. The van der Waals surface area contributed by atoms with Crippen LogP contribution in [0.4, 0.5) is 14.5 Å². The van der Waals surface area contributed by atoms with E-state index in [1.54, 1.807) is 6.07 Å². The van der Waals surface area contributed by atoms with E-state index < -0.39 is 11.6 Å². The van der Waals surface area contributed by atoms with Crippen molar-refractivity contribution >= 4 is 5.69 Å². The third-order valence-corrected chi connectivity index (χ3v) is 3.61. The molecule has 0 aromatic heterocycles. The molecule has 0 saturated carbocycles. The van der Waals surface area contributed by atoms with Crippen molar-refractivity contribution in [3.05, 3.63) is 29.3 Å². The lowest BCUT2D eigenvalue weighted by Crippen LogP contribution is -2.41. The quantitative estimate of drug-likeness (QED) is 0.763. The van der Waals surface area contributed by atoms with Crippen LogP contribution in [0.3, 0.4) is 0 Å². The summed E-state index contributed by atoms with van der Waals surface area (Å²) in [6.07, 6.45) is 2.08. The van der Waals surface area contributed by atoms with E-state index >= 15 is 0 Å². The summed E-state index contributed by atoms with van der Waals surface area (Å²) in [7, 11) is 0. The average Bonchev–Trinajstić information content (AvgIpc) is 2.36. The van der Waals surface area contributed by atoms with Gasteiger partial charge in [-0.25, -0.2) is 8.78 Å². The van der Waals surface area contributed by atoms with Crippen LogP contribution in [0.1, 0.15) is 32.3 Å². The minimum atomic E-state index is -1.04. The van der Waals surface area contributed by atoms with E-state index in [9.17, 15) is 8.78 Å². The van der Waals surface area contributed by atoms with Crippen LogP contribution in [0.2, 0.25) is 0 Å². The van der Waals surface area contributed by atoms with E-state index in [4.69, 9.17) is 5.26 Å². The third-order valence-electron chi connectivity index (χ3n) is 3.61. The average molecular weight is 250 g/mol. The molecule has 2 atom stereocenters. The lowest BCUT2D eigenvalue weighted by atomic mass is 9.94. The van der Waals surface area contributed by atoms with Gasteiger partial charge in [0.05, 0.1) is 11.3 Å². The Bertz CT molecular complexity index is 493. The summed E-state index contributed by atoms with van der Waals surface area (Å²) < 4.78 is 27.6. The molecule has 1 heterocycles. The van der Waals surface area contributed by atoms with Crippen LogP contribution in [0.5, 0.6) is 0 Å². The first-order valence-electron chi connectivity index (χ1n) is 6.19. The predicted molar refractivity (Wildman–Crippen MR) is 66.3 cm³/mol. The number of hydrogen-bond donors (Lipinski definition) is 0. The molecule has 0 spiro atoms. The van der Waals surface area contributed by atoms with Crippen LogP contribution in [0.25, 0.3) is 0 Å². The van der Waals surface area contributed by atoms with Crippen molar-refractivity contribution in [2.24, 2.45) is 5.92 Å². The summed E-state index contributed by atoms with van der Waals surface area (Å²) in [5, 5.41) is 8.67. The van der Waals surface area contributed by atoms with E-state index in [0.717, 1.165) is 19.4 Å². The van der Waals surface area contributed by atoms with Crippen LogP contribution in [-0.2, 0) is 0 Å². The lowest BCUT2D eigenvalue weighted by Gasteiger charge is -2.38. The molecule has 0 N–H and O–H groups in total. The van der Waals surface area contributed by atoms with E-state index in [2.05, 4.69) is 6.92 Å². The number of piperidine rings is 1. The van der Waals surface area contributed by atoms with Crippen molar-refractivity contribution in [2.45, 2.75) is 32.7 Å². The zero-order valence-electron chi connectivity index (χ0n) is 10.6. The van der Waals surface area contributed by atoms with Crippen LogP contribution in [-0.4, -0.2) is 12.6 Å². The first kappa shape index (κ1) is 12.8. The zero-order valence-corrected chi connectivity index (χ0v) is 10.6. The summed E-state index contributed by atoms with van der Waals surface area (Å²) in [6, 6.07) is 4.70. The zero-order chi connectivity index (χ0) is 13.3. The molecule has 4 heteroatoms. The molecule has 1 aliphatic rings. The van der Waals surface area contributed by atoms with Gasteiger partial charge in [-0.15, -0.1) is 0 Å². The first-order chi connectivity index (χ1) is 8.54. The molecule has 2 rings (SSSR count). The molecule has 2 nitrogen and oxygen atoms in total. The lowest BCUT2D eigenvalue weighted by molar-refractivity contribution is 0.384. The topological polar surface area (TPSA) is 27.0 Å². The van der Waals surface area contributed by atoms with E-state index in [0.29, 0.717) is 5.92 Å². The minimum absolute atomic E-state index is 0.197. The number of hydrogen-bond acceptors (Lipinski definition) is 2. The molecule has 0 radical (unpaired) electrons. The van der Waals surface area contributed by atoms with Gasteiger partial charge in [0.15, 0.2) is 11.6 Å². The highest BCUT2D eigenvalue weighted by molar-refractivity contribution is 5.53.